The Morgan fingerprint density at radius 1 is 1.20 bits per heavy atom. The molecule has 0 aliphatic carbocycles. The summed E-state index contributed by atoms with van der Waals surface area (Å²) in [6.45, 7) is -1.44. The molecule has 10 heteroatoms. The van der Waals surface area contributed by atoms with E-state index in [0.29, 0.717) is 26.6 Å². The van der Waals surface area contributed by atoms with Crippen LogP contribution in [0.1, 0.15) is 10.5 Å². The molecule has 0 spiro atoms. The summed E-state index contributed by atoms with van der Waals surface area (Å²) in [7, 11) is 3.16. The first-order chi connectivity index (χ1) is 14.2. The van der Waals surface area contributed by atoms with Gasteiger partial charge in [0.1, 0.15) is 12.2 Å². The van der Waals surface area contributed by atoms with Gasteiger partial charge in [0, 0.05) is 31.2 Å². The number of amides is 1. The minimum absolute atomic E-state index is 0.0735. The Bertz CT molecular complexity index is 1340. The molecule has 1 aromatic carbocycles. The average molecular weight is 415 g/mol. The molecule has 3 heterocycles. The molecule has 154 valence electrons. The highest BCUT2D eigenvalue weighted by Gasteiger charge is 2.30. The number of fused-ring (bicyclic) bond motifs is 3. The van der Waals surface area contributed by atoms with Crippen molar-refractivity contribution in [1.29, 1.82) is 0 Å². The van der Waals surface area contributed by atoms with Crippen molar-refractivity contribution in [2.45, 2.75) is 12.7 Å². The van der Waals surface area contributed by atoms with Crippen molar-refractivity contribution in [3.63, 3.8) is 0 Å². The van der Waals surface area contributed by atoms with Crippen molar-refractivity contribution >= 4 is 27.7 Å². The molecule has 0 bridgehead atoms. The van der Waals surface area contributed by atoms with E-state index in [-0.39, 0.29) is 22.5 Å². The Morgan fingerprint density at radius 2 is 1.97 bits per heavy atom. The lowest BCUT2D eigenvalue weighted by Crippen LogP contribution is -2.28. The second-order valence-electron chi connectivity index (χ2n) is 7.00. The number of hydrogen-bond donors (Lipinski definition) is 1. The lowest BCUT2D eigenvalue weighted by molar-refractivity contribution is -0.140. The molecular formula is C20H16F3N5O2. The van der Waals surface area contributed by atoms with Crippen LogP contribution in [0.5, 0.6) is 0 Å². The topological polar surface area (TPSA) is 83.9 Å². The van der Waals surface area contributed by atoms with Crippen LogP contribution < -0.4 is 5.56 Å². The number of H-pyrrole nitrogens is 1. The fourth-order valence-electron chi connectivity index (χ4n) is 3.40. The number of alkyl halides is 3. The van der Waals surface area contributed by atoms with Gasteiger partial charge in [-0.3, -0.25) is 24.2 Å². The molecule has 1 amide bonds. The average Bonchev–Trinajstić information content (AvgIpc) is 3.19. The molecule has 4 rings (SSSR count). The zero-order valence-corrected chi connectivity index (χ0v) is 16.0. The molecule has 0 fully saturated rings. The van der Waals surface area contributed by atoms with Gasteiger partial charge in [0.05, 0.1) is 22.6 Å². The van der Waals surface area contributed by atoms with Gasteiger partial charge in [-0.2, -0.15) is 18.3 Å². The van der Waals surface area contributed by atoms with Crippen LogP contribution in [0.15, 0.2) is 47.5 Å². The van der Waals surface area contributed by atoms with Gasteiger partial charge in [-0.05, 0) is 17.7 Å². The molecule has 0 saturated heterocycles. The summed E-state index contributed by atoms with van der Waals surface area (Å²) < 4.78 is 40.3. The van der Waals surface area contributed by atoms with E-state index in [2.05, 4.69) is 15.2 Å². The summed E-state index contributed by atoms with van der Waals surface area (Å²) in [5.74, 6) is -0.345. The molecule has 3 aromatic heterocycles. The second-order valence-corrected chi connectivity index (χ2v) is 7.00. The number of rotatable bonds is 3. The van der Waals surface area contributed by atoms with E-state index >= 15 is 0 Å². The van der Waals surface area contributed by atoms with Gasteiger partial charge < -0.3 is 4.90 Å². The lowest BCUT2D eigenvalue weighted by atomic mass is 10.0. The molecule has 0 aliphatic heterocycles. The highest BCUT2D eigenvalue weighted by atomic mass is 19.4. The summed E-state index contributed by atoms with van der Waals surface area (Å²) in [6.07, 6.45) is -1.91. The maximum atomic E-state index is 13.2. The Kier molecular flexibility index (Phi) is 4.56. The number of nitrogens with zero attached hydrogens (tertiary/aromatic N) is 4. The molecule has 30 heavy (non-hydrogen) atoms. The van der Waals surface area contributed by atoms with E-state index in [4.69, 9.17) is 0 Å². The standard InChI is InChI=1S/C20H16F3N5O2/c1-27(2)19(30)17-12(4-3-7-24-17)11-5-6-13-15(8-11)28(10-20(21,22)23)18(29)14-9-25-26-16(13)14/h3-9H,10H2,1-2H3,(H,25,26). The molecule has 1 N–H and O–H groups in total. The van der Waals surface area contributed by atoms with Gasteiger partial charge in [0.15, 0.2) is 0 Å². The molecule has 0 aliphatic rings. The van der Waals surface area contributed by atoms with Crippen LogP contribution in [0.2, 0.25) is 0 Å². The van der Waals surface area contributed by atoms with Crippen LogP contribution in [0.3, 0.4) is 0 Å². The summed E-state index contributed by atoms with van der Waals surface area (Å²) in [5, 5.41) is 6.98. The first kappa shape index (κ1) is 19.6. The normalized spacial score (nSPS) is 11.9. The molecule has 0 unspecified atom stereocenters. The number of pyridine rings is 2. The van der Waals surface area contributed by atoms with Crippen molar-refractivity contribution in [1.82, 2.24) is 24.6 Å². The van der Waals surface area contributed by atoms with Crippen molar-refractivity contribution in [3.8, 4) is 11.1 Å². The monoisotopic (exact) mass is 415 g/mol. The smallest absolute Gasteiger partial charge is 0.343 e. The highest BCUT2D eigenvalue weighted by molar-refractivity contribution is 6.05. The molecule has 0 atom stereocenters. The summed E-state index contributed by atoms with van der Waals surface area (Å²) in [4.78, 5) is 30.7. The van der Waals surface area contributed by atoms with Crippen LogP contribution in [-0.2, 0) is 6.54 Å². The Labute approximate surface area is 167 Å². The van der Waals surface area contributed by atoms with E-state index in [0.717, 1.165) is 0 Å². The van der Waals surface area contributed by atoms with Crippen molar-refractivity contribution in [3.05, 3.63) is 58.8 Å². The molecule has 4 aromatic rings. The van der Waals surface area contributed by atoms with Gasteiger partial charge in [0.25, 0.3) is 11.5 Å². The van der Waals surface area contributed by atoms with Crippen molar-refractivity contribution in [2.24, 2.45) is 0 Å². The quantitative estimate of drug-likeness (QED) is 0.557. The second kappa shape index (κ2) is 6.97. The van der Waals surface area contributed by atoms with Gasteiger partial charge in [-0.25, -0.2) is 0 Å². The SMILES string of the molecule is CN(C)C(=O)c1ncccc1-c1ccc2c3[nH]ncc3c(=O)n(CC(F)(F)F)c2c1. The van der Waals surface area contributed by atoms with Crippen LogP contribution in [0, 0.1) is 0 Å². The third kappa shape index (κ3) is 3.30. The van der Waals surface area contributed by atoms with E-state index < -0.39 is 18.3 Å². The zero-order chi connectivity index (χ0) is 21.6. The number of aromatic nitrogens is 4. The Balaban J connectivity index is 2.03. The van der Waals surface area contributed by atoms with Crippen molar-refractivity contribution in [2.75, 3.05) is 14.1 Å². The first-order valence-corrected chi connectivity index (χ1v) is 8.91. The number of carbonyl (C=O) groups excluding carboxylic acids is 1. The number of halogens is 3. The number of aromatic amines is 1. The van der Waals surface area contributed by atoms with E-state index in [9.17, 15) is 22.8 Å². The molecule has 7 nitrogen and oxygen atoms in total. The largest absolute Gasteiger partial charge is 0.406 e. The predicted molar refractivity (Wildman–Crippen MR) is 105 cm³/mol. The third-order valence-corrected chi connectivity index (χ3v) is 4.74. The third-order valence-electron chi connectivity index (χ3n) is 4.74. The van der Waals surface area contributed by atoms with Crippen LogP contribution in [-0.4, -0.2) is 50.8 Å². The van der Waals surface area contributed by atoms with Crippen molar-refractivity contribution < 1.29 is 18.0 Å². The summed E-state index contributed by atoms with van der Waals surface area (Å²) >= 11 is 0. The number of hydrogen-bond acceptors (Lipinski definition) is 4. The number of nitrogens with one attached hydrogen (secondary N) is 1. The number of carbonyl (C=O) groups is 1. The van der Waals surface area contributed by atoms with E-state index in [1.54, 1.807) is 38.4 Å². The van der Waals surface area contributed by atoms with Gasteiger partial charge in [-0.15, -0.1) is 0 Å². The van der Waals surface area contributed by atoms with Crippen LogP contribution >= 0.6 is 0 Å². The number of benzene rings is 1. The summed E-state index contributed by atoms with van der Waals surface area (Å²) in [6, 6.07) is 8.04. The highest BCUT2D eigenvalue weighted by Crippen LogP contribution is 2.30. The first-order valence-electron chi connectivity index (χ1n) is 8.91. The zero-order valence-electron chi connectivity index (χ0n) is 16.0. The minimum atomic E-state index is -4.59. The molecular weight excluding hydrogens is 399 g/mol. The van der Waals surface area contributed by atoms with Crippen LogP contribution in [0.4, 0.5) is 13.2 Å². The molecule has 0 radical (unpaired) electrons. The maximum absolute atomic E-state index is 13.2. The lowest BCUT2D eigenvalue weighted by Gasteiger charge is -2.16. The summed E-state index contributed by atoms with van der Waals surface area (Å²) in [5.41, 5.74) is 0.726. The van der Waals surface area contributed by atoms with Gasteiger partial charge >= 0.3 is 6.18 Å². The maximum Gasteiger partial charge on any atom is 0.406 e. The fraction of sp³-hybridized carbons (Fsp3) is 0.200. The van der Waals surface area contributed by atoms with E-state index in [1.807, 2.05) is 0 Å². The molecule has 0 saturated carbocycles. The predicted octanol–water partition coefficient (Wildman–Crippen LogP) is 3.20. The van der Waals surface area contributed by atoms with E-state index in [1.165, 1.54) is 23.4 Å². The Morgan fingerprint density at radius 3 is 2.67 bits per heavy atom. The van der Waals surface area contributed by atoms with Crippen LogP contribution in [0.25, 0.3) is 32.9 Å². The fourth-order valence-corrected chi connectivity index (χ4v) is 3.40. The Hall–Kier alpha value is -3.69. The van der Waals surface area contributed by atoms with Gasteiger partial charge in [0.2, 0.25) is 0 Å². The van der Waals surface area contributed by atoms with Gasteiger partial charge in [-0.1, -0.05) is 18.2 Å². The minimum Gasteiger partial charge on any atom is -0.343 e.